The highest BCUT2D eigenvalue weighted by molar-refractivity contribution is 7.19. The number of ether oxygens (including phenoxy) is 1. The monoisotopic (exact) mass is 418 g/mol. The van der Waals surface area contributed by atoms with Gasteiger partial charge in [-0.05, 0) is 46.3 Å². The first kappa shape index (κ1) is 19.7. The Kier molecular flexibility index (Phi) is 5.34. The Balaban J connectivity index is 1.54. The Bertz CT molecular complexity index is 1200. The third-order valence-corrected chi connectivity index (χ3v) is 7.10. The van der Waals surface area contributed by atoms with E-state index in [4.69, 9.17) is 4.74 Å². The molecule has 0 aliphatic carbocycles. The number of aryl methyl sites for hydroxylation is 1. The highest BCUT2D eigenvalue weighted by atomic mass is 32.1. The van der Waals surface area contributed by atoms with Crippen molar-refractivity contribution < 1.29 is 14.9 Å². The second-order valence-corrected chi connectivity index (χ2v) is 9.56. The van der Waals surface area contributed by atoms with E-state index in [1.807, 2.05) is 17.4 Å². The van der Waals surface area contributed by atoms with Crippen LogP contribution in [0.4, 0.5) is 0 Å². The molecule has 4 heteroatoms. The van der Waals surface area contributed by atoms with Gasteiger partial charge in [0, 0.05) is 28.8 Å². The number of benzene rings is 3. The van der Waals surface area contributed by atoms with Gasteiger partial charge in [0.2, 0.25) is 0 Å². The number of rotatable bonds is 4. The molecule has 30 heavy (non-hydrogen) atoms. The first-order chi connectivity index (χ1) is 14.6. The molecule has 2 heterocycles. The van der Waals surface area contributed by atoms with Gasteiger partial charge in [-0.25, -0.2) is 0 Å². The number of fused-ring (bicyclic) bond motifs is 2. The molecule has 3 aromatic carbocycles. The van der Waals surface area contributed by atoms with Crippen LogP contribution in [0.25, 0.3) is 20.9 Å². The lowest BCUT2D eigenvalue weighted by atomic mass is 9.90. The molecule has 154 valence electrons. The number of thiophene rings is 1. The standard InChI is InChI=1S/C26H26O3S/c1-16-6-7-26-19(8-16)12-22(30-26)10-17-9-18-4-2-3-5-23(18)24(11-17)25-14-20(28)13-21(15-27)29-25/h2-9,11-12,20-21,25,27-28H,10,13-15H2,1H3. The van der Waals surface area contributed by atoms with Crippen molar-refractivity contribution >= 4 is 32.2 Å². The van der Waals surface area contributed by atoms with Gasteiger partial charge in [-0.2, -0.15) is 0 Å². The van der Waals surface area contributed by atoms with Crippen LogP contribution in [0.5, 0.6) is 0 Å². The van der Waals surface area contributed by atoms with Crippen LogP contribution in [-0.4, -0.2) is 29.0 Å². The van der Waals surface area contributed by atoms with E-state index in [0.29, 0.717) is 12.8 Å². The van der Waals surface area contributed by atoms with Crippen molar-refractivity contribution in [2.75, 3.05) is 6.61 Å². The van der Waals surface area contributed by atoms with Gasteiger partial charge < -0.3 is 14.9 Å². The van der Waals surface area contributed by atoms with Crippen LogP contribution in [0.2, 0.25) is 0 Å². The SMILES string of the molecule is Cc1ccc2sc(Cc3cc(C4CC(O)CC(CO)O4)c4ccccc4c3)cc2c1. The lowest BCUT2D eigenvalue weighted by Gasteiger charge is -2.33. The van der Waals surface area contributed by atoms with E-state index >= 15 is 0 Å². The van der Waals surface area contributed by atoms with Gasteiger partial charge in [0.1, 0.15) is 0 Å². The van der Waals surface area contributed by atoms with E-state index in [1.54, 1.807) is 0 Å². The average molecular weight is 419 g/mol. The van der Waals surface area contributed by atoms with Crippen molar-refractivity contribution in [3.05, 3.63) is 82.2 Å². The Morgan fingerprint density at radius 3 is 2.73 bits per heavy atom. The zero-order valence-electron chi connectivity index (χ0n) is 17.0. The maximum atomic E-state index is 10.3. The first-order valence-corrected chi connectivity index (χ1v) is 11.4. The Labute approximate surface area is 180 Å². The average Bonchev–Trinajstić information content (AvgIpc) is 3.13. The highest BCUT2D eigenvalue weighted by Crippen LogP contribution is 2.37. The molecule has 5 rings (SSSR count). The Hall–Kier alpha value is -2.24. The third-order valence-electron chi connectivity index (χ3n) is 5.98. The molecule has 4 aromatic rings. The third kappa shape index (κ3) is 3.88. The van der Waals surface area contributed by atoms with Crippen molar-refractivity contribution in [1.82, 2.24) is 0 Å². The fourth-order valence-electron chi connectivity index (χ4n) is 4.59. The first-order valence-electron chi connectivity index (χ1n) is 10.5. The van der Waals surface area contributed by atoms with Gasteiger partial charge in [-0.3, -0.25) is 0 Å². The molecule has 1 saturated heterocycles. The van der Waals surface area contributed by atoms with E-state index in [-0.39, 0.29) is 18.8 Å². The van der Waals surface area contributed by atoms with Gasteiger partial charge in [-0.1, -0.05) is 54.1 Å². The van der Waals surface area contributed by atoms with Crippen molar-refractivity contribution in [3.63, 3.8) is 0 Å². The van der Waals surface area contributed by atoms with Crippen LogP contribution < -0.4 is 0 Å². The second-order valence-electron chi connectivity index (χ2n) is 8.39. The summed E-state index contributed by atoms with van der Waals surface area (Å²) in [6.45, 7) is 2.07. The van der Waals surface area contributed by atoms with Crippen LogP contribution in [-0.2, 0) is 11.2 Å². The smallest absolute Gasteiger partial charge is 0.0860 e. The predicted octanol–water partition coefficient (Wildman–Crippen LogP) is 5.53. The van der Waals surface area contributed by atoms with Crippen molar-refractivity contribution in [2.24, 2.45) is 0 Å². The number of aliphatic hydroxyl groups excluding tert-OH is 2. The van der Waals surface area contributed by atoms with E-state index in [0.717, 1.165) is 17.4 Å². The molecule has 3 unspecified atom stereocenters. The van der Waals surface area contributed by atoms with Crippen LogP contribution >= 0.6 is 11.3 Å². The summed E-state index contributed by atoms with van der Waals surface area (Å²) in [5, 5.41) is 23.6. The molecule has 0 amide bonds. The second kappa shape index (κ2) is 8.12. The van der Waals surface area contributed by atoms with Crippen LogP contribution in [0, 0.1) is 6.92 Å². The zero-order chi connectivity index (χ0) is 20.7. The maximum absolute atomic E-state index is 10.3. The van der Waals surface area contributed by atoms with E-state index in [9.17, 15) is 10.2 Å². The fourth-order valence-corrected chi connectivity index (χ4v) is 5.67. The molecule has 2 N–H and O–H groups in total. The van der Waals surface area contributed by atoms with Crippen LogP contribution in [0.3, 0.4) is 0 Å². The largest absolute Gasteiger partial charge is 0.394 e. The molecule has 1 aromatic heterocycles. The summed E-state index contributed by atoms with van der Waals surface area (Å²) in [4.78, 5) is 1.34. The molecule has 0 bridgehead atoms. The van der Waals surface area contributed by atoms with Gasteiger partial charge in [-0.15, -0.1) is 11.3 Å². The highest BCUT2D eigenvalue weighted by Gasteiger charge is 2.30. The summed E-state index contributed by atoms with van der Waals surface area (Å²) in [5.74, 6) is 0. The minimum atomic E-state index is -0.450. The molecule has 1 aliphatic heterocycles. The summed E-state index contributed by atoms with van der Waals surface area (Å²) in [6.07, 6.45) is 0.953. The maximum Gasteiger partial charge on any atom is 0.0860 e. The summed E-state index contributed by atoms with van der Waals surface area (Å²) in [6, 6.07) is 21.8. The number of hydrogen-bond donors (Lipinski definition) is 2. The lowest BCUT2D eigenvalue weighted by Crippen LogP contribution is -2.33. The van der Waals surface area contributed by atoms with Gasteiger partial charge >= 0.3 is 0 Å². The minimum absolute atomic E-state index is 0.0631. The minimum Gasteiger partial charge on any atom is -0.394 e. The fraction of sp³-hybridized carbons (Fsp3) is 0.308. The summed E-state index contributed by atoms with van der Waals surface area (Å²) in [7, 11) is 0. The number of aliphatic hydroxyl groups is 2. The molecule has 0 radical (unpaired) electrons. The molecule has 0 spiro atoms. The van der Waals surface area contributed by atoms with Gasteiger partial charge in [0.05, 0.1) is 24.9 Å². The number of hydrogen-bond acceptors (Lipinski definition) is 4. The quantitative estimate of drug-likeness (QED) is 0.458. The van der Waals surface area contributed by atoms with Crippen LogP contribution in [0.15, 0.2) is 60.7 Å². The normalized spacial score (nSPS) is 22.0. The van der Waals surface area contributed by atoms with E-state index in [1.165, 1.54) is 31.5 Å². The lowest BCUT2D eigenvalue weighted by molar-refractivity contribution is -0.113. The van der Waals surface area contributed by atoms with Crippen molar-refractivity contribution in [1.29, 1.82) is 0 Å². The van der Waals surface area contributed by atoms with Gasteiger partial charge in [0.25, 0.3) is 0 Å². The predicted molar refractivity (Wildman–Crippen MR) is 123 cm³/mol. The van der Waals surface area contributed by atoms with E-state index < -0.39 is 6.10 Å². The molecule has 3 nitrogen and oxygen atoms in total. The van der Waals surface area contributed by atoms with Crippen molar-refractivity contribution in [3.8, 4) is 0 Å². The molecular weight excluding hydrogens is 392 g/mol. The summed E-state index contributed by atoms with van der Waals surface area (Å²) < 4.78 is 7.48. The van der Waals surface area contributed by atoms with E-state index in [2.05, 4.69) is 61.5 Å². The molecule has 1 fully saturated rings. The van der Waals surface area contributed by atoms with Gasteiger partial charge in [0.15, 0.2) is 0 Å². The molecular formula is C26H26O3S. The molecule has 0 saturated carbocycles. The Morgan fingerprint density at radius 1 is 1.00 bits per heavy atom. The molecule has 3 atom stereocenters. The summed E-state index contributed by atoms with van der Waals surface area (Å²) in [5.41, 5.74) is 3.64. The topological polar surface area (TPSA) is 49.7 Å². The zero-order valence-corrected chi connectivity index (χ0v) is 17.9. The van der Waals surface area contributed by atoms with Crippen molar-refractivity contribution in [2.45, 2.75) is 44.5 Å². The summed E-state index contributed by atoms with van der Waals surface area (Å²) >= 11 is 1.85. The van der Waals surface area contributed by atoms with Crippen LogP contribution in [0.1, 0.15) is 40.5 Å². The molecule has 1 aliphatic rings. The Morgan fingerprint density at radius 2 is 1.87 bits per heavy atom.